The van der Waals surface area contributed by atoms with Gasteiger partial charge >= 0.3 is 5.97 Å². The van der Waals surface area contributed by atoms with Gasteiger partial charge in [-0.15, -0.1) is 0 Å². The predicted molar refractivity (Wildman–Crippen MR) is 91.2 cm³/mol. The van der Waals surface area contributed by atoms with Crippen LogP contribution >= 0.6 is 0 Å². The van der Waals surface area contributed by atoms with Crippen LogP contribution in [-0.2, 0) is 19.7 Å². The Morgan fingerprint density at radius 3 is 2.44 bits per heavy atom. The van der Waals surface area contributed by atoms with E-state index in [9.17, 15) is 19.1 Å². The number of ketones is 1. The summed E-state index contributed by atoms with van der Waals surface area (Å²) in [5.74, 6) is -1.88. The number of esters is 1. The molecule has 0 amide bonds. The van der Waals surface area contributed by atoms with Crippen molar-refractivity contribution >= 4 is 17.5 Å². The third kappa shape index (κ3) is 3.95. The van der Waals surface area contributed by atoms with Crippen molar-refractivity contribution in [2.75, 3.05) is 6.61 Å². The standard InChI is InChI=1S/C19H22FNO4/c1-12(21)17(13(2)22)16(23)11-25-18(24)19(8-3-4-9-19)14-6-5-7-15(20)10-14/h5-7,10,21,23H,3-4,8-9,11H2,1-2H3/b17-16-,21-12?. The Morgan fingerprint density at radius 2 is 1.92 bits per heavy atom. The molecule has 0 unspecified atom stereocenters. The van der Waals surface area contributed by atoms with Crippen molar-refractivity contribution in [1.29, 1.82) is 5.41 Å². The molecule has 1 saturated carbocycles. The topological polar surface area (TPSA) is 87.5 Å². The van der Waals surface area contributed by atoms with Crippen molar-refractivity contribution in [2.45, 2.75) is 44.9 Å². The molecule has 25 heavy (non-hydrogen) atoms. The number of nitrogens with one attached hydrogen (secondary N) is 1. The van der Waals surface area contributed by atoms with E-state index in [0.717, 1.165) is 12.8 Å². The van der Waals surface area contributed by atoms with Crippen LogP contribution in [0, 0.1) is 11.2 Å². The number of Topliss-reactive ketones (excluding diaryl/α,β-unsaturated/α-hetero) is 1. The molecule has 6 heteroatoms. The molecule has 1 aliphatic carbocycles. The summed E-state index contributed by atoms with van der Waals surface area (Å²) in [6, 6.07) is 5.92. The predicted octanol–water partition coefficient (Wildman–Crippen LogP) is 3.62. The summed E-state index contributed by atoms with van der Waals surface area (Å²) in [6.07, 6.45) is 2.74. The molecule has 1 aromatic rings. The van der Waals surface area contributed by atoms with E-state index < -0.39 is 35.4 Å². The highest BCUT2D eigenvalue weighted by molar-refractivity contribution is 6.19. The molecule has 0 heterocycles. The van der Waals surface area contributed by atoms with Crippen molar-refractivity contribution in [3.05, 3.63) is 47.0 Å². The van der Waals surface area contributed by atoms with E-state index in [1.807, 2.05) is 0 Å². The molecule has 5 nitrogen and oxygen atoms in total. The molecule has 0 bridgehead atoms. The normalized spacial score (nSPS) is 16.9. The minimum absolute atomic E-state index is 0.0956. The maximum absolute atomic E-state index is 13.6. The van der Waals surface area contributed by atoms with Crippen LogP contribution < -0.4 is 0 Å². The van der Waals surface area contributed by atoms with E-state index in [1.165, 1.54) is 26.0 Å². The summed E-state index contributed by atoms with van der Waals surface area (Å²) < 4.78 is 18.8. The van der Waals surface area contributed by atoms with Gasteiger partial charge in [0.2, 0.25) is 0 Å². The first kappa shape index (κ1) is 18.8. The Morgan fingerprint density at radius 1 is 1.28 bits per heavy atom. The second-order valence-electron chi connectivity index (χ2n) is 6.38. The molecule has 0 radical (unpaired) electrons. The summed E-state index contributed by atoms with van der Waals surface area (Å²) >= 11 is 0. The van der Waals surface area contributed by atoms with Gasteiger partial charge in [-0.05, 0) is 44.4 Å². The number of aliphatic hydroxyl groups excluding tert-OH is 1. The Kier molecular flexibility index (Phi) is 5.72. The number of aliphatic hydroxyl groups is 1. The van der Waals surface area contributed by atoms with Crippen LogP contribution in [0.25, 0.3) is 0 Å². The number of rotatable bonds is 6. The quantitative estimate of drug-likeness (QED) is 0.356. The number of carbonyl (C=O) groups excluding carboxylic acids is 2. The lowest BCUT2D eigenvalue weighted by atomic mass is 9.79. The third-order valence-electron chi connectivity index (χ3n) is 4.58. The first-order chi connectivity index (χ1) is 11.8. The van der Waals surface area contributed by atoms with Crippen LogP contribution in [0.1, 0.15) is 45.1 Å². The van der Waals surface area contributed by atoms with Gasteiger partial charge in [-0.2, -0.15) is 0 Å². The largest absolute Gasteiger partial charge is 0.508 e. The van der Waals surface area contributed by atoms with Crippen molar-refractivity contribution in [2.24, 2.45) is 0 Å². The number of hydrogen-bond donors (Lipinski definition) is 2. The summed E-state index contributed by atoms with van der Waals surface area (Å²) in [4.78, 5) is 24.2. The molecule has 0 aliphatic heterocycles. The number of hydrogen-bond acceptors (Lipinski definition) is 5. The summed E-state index contributed by atoms with van der Waals surface area (Å²) in [7, 11) is 0. The molecule has 134 valence electrons. The van der Waals surface area contributed by atoms with Gasteiger partial charge in [-0.1, -0.05) is 25.0 Å². The van der Waals surface area contributed by atoms with E-state index in [-0.39, 0.29) is 11.3 Å². The maximum Gasteiger partial charge on any atom is 0.317 e. The van der Waals surface area contributed by atoms with E-state index in [2.05, 4.69) is 0 Å². The lowest BCUT2D eigenvalue weighted by Crippen LogP contribution is -2.35. The minimum atomic E-state index is -0.932. The second kappa shape index (κ2) is 7.59. The molecular weight excluding hydrogens is 325 g/mol. The Hall–Kier alpha value is -2.50. The summed E-state index contributed by atoms with van der Waals surface area (Å²) in [5.41, 5.74) is -0.618. The van der Waals surface area contributed by atoms with Gasteiger partial charge in [0.15, 0.2) is 5.78 Å². The molecule has 0 atom stereocenters. The molecule has 0 aromatic heterocycles. The molecule has 1 aliphatic rings. The Labute approximate surface area is 146 Å². The van der Waals surface area contributed by atoms with E-state index in [1.54, 1.807) is 12.1 Å². The van der Waals surface area contributed by atoms with E-state index in [4.69, 9.17) is 10.1 Å². The van der Waals surface area contributed by atoms with Crippen molar-refractivity contribution in [3.8, 4) is 0 Å². The van der Waals surface area contributed by atoms with Gasteiger partial charge in [0.1, 0.15) is 18.2 Å². The number of ether oxygens (including phenoxy) is 1. The van der Waals surface area contributed by atoms with Crippen LogP contribution in [0.3, 0.4) is 0 Å². The molecular formula is C19H22FNO4. The first-order valence-electron chi connectivity index (χ1n) is 8.20. The Bertz CT molecular complexity index is 717. The second-order valence-corrected chi connectivity index (χ2v) is 6.38. The fourth-order valence-electron chi connectivity index (χ4n) is 3.40. The van der Waals surface area contributed by atoms with Crippen LogP contribution in [0.15, 0.2) is 35.6 Å². The molecule has 2 rings (SSSR count). The van der Waals surface area contributed by atoms with Crippen molar-refractivity contribution in [1.82, 2.24) is 0 Å². The maximum atomic E-state index is 13.6. The fraction of sp³-hybridized carbons (Fsp3) is 0.421. The average molecular weight is 347 g/mol. The zero-order chi connectivity index (χ0) is 18.6. The van der Waals surface area contributed by atoms with Gasteiger partial charge in [-0.3, -0.25) is 9.59 Å². The smallest absolute Gasteiger partial charge is 0.317 e. The van der Waals surface area contributed by atoms with Gasteiger partial charge < -0.3 is 15.3 Å². The molecule has 0 spiro atoms. The lowest BCUT2D eigenvalue weighted by molar-refractivity contribution is -0.150. The highest BCUT2D eigenvalue weighted by Gasteiger charge is 2.44. The van der Waals surface area contributed by atoms with Gasteiger partial charge in [0, 0.05) is 5.71 Å². The number of allylic oxidation sites excluding steroid dienone is 1. The average Bonchev–Trinajstić information content (AvgIpc) is 3.03. The zero-order valence-corrected chi connectivity index (χ0v) is 14.4. The molecule has 0 saturated heterocycles. The lowest BCUT2D eigenvalue weighted by Gasteiger charge is -2.27. The van der Waals surface area contributed by atoms with E-state index in [0.29, 0.717) is 18.4 Å². The third-order valence-corrected chi connectivity index (χ3v) is 4.58. The monoisotopic (exact) mass is 347 g/mol. The highest BCUT2D eigenvalue weighted by atomic mass is 19.1. The van der Waals surface area contributed by atoms with Crippen molar-refractivity contribution < 1.29 is 23.8 Å². The molecule has 2 N–H and O–H groups in total. The number of halogens is 1. The highest BCUT2D eigenvalue weighted by Crippen LogP contribution is 2.42. The van der Waals surface area contributed by atoms with Crippen molar-refractivity contribution in [3.63, 3.8) is 0 Å². The van der Waals surface area contributed by atoms with Crippen LogP contribution in [0.2, 0.25) is 0 Å². The minimum Gasteiger partial charge on any atom is -0.508 e. The van der Waals surface area contributed by atoms with Crippen LogP contribution in [0.4, 0.5) is 4.39 Å². The SMILES string of the molecule is CC(=N)/C(C(C)=O)=C(/O)COC(=O)C1(c2cccc(F)c2)CCCC1. The number of carbonyl (C=O) groups is 2. The fourth-order valence-corrected chi connectivity index (χ4v) is 3.40. The molecule has 1 fully saturated rings. The van der Waals surface area contributed by atoms with Crippen LogP contribution in [-0.4, -0.2) is 29.2 Å². The number of benzene rings is 1. The van der Waals surface area contributed by atoms with Crippen LogP contribution in [0.5, 0.6) is 0 Å². The Balaban J connectivity index is 2.24. The zero-order valence-electron chi connectivity index (χ0n) is 14.4. The van der Waals surface area contributed by atoms with Gasteiger partial charge in [-0.25, -0.2) is 4.39 Å². The summed E-state index contributed by atoms with van der Waals surface area (Å²) in [5, 5.41) is 17.6. The molecule has 1 aromatic carbocycles. The first-order valence-corrected chi connectivity index (χ1v) is 8.20. The van der Waals surface area contributed by atoms with Gasteiger partial charge in [0.25, 0.3) is 0 Å². The summed E-state index contributed by atoms with van der Waals surface area (Å²) in [6.45, 7) is 2.12. The van der Waals surface area contributed by atoms with Gasteiger partial charge in [0.05, 0.1) is 11.0 Å². The van der Waals surface area contributed by atoms with E-state index >= 15 is 0 Å².